The first kappa shape index (κ1) is 18.2. The number of primary amides is 1. The van der Waals surface area contributed by atoms with Crippen LogP contribution >= 0.6 is 22.9 Å². The molecule has 0 radical (unpaired) electrons. The molecule has 2 amide bonds. The first-order valence-electron chi connectivity index (χ1n) is 8.02. The number of nitrogens with one attached hydrogen (secondary N) is 1. The van der Waals surface area contributed by atoms with Crippen molar-refractivity contribution in [2.45, 2.75) is 32.3 Å². The number of nitriles is 1. The first-order valence-corrected chi connectivity index (χ1v) is 9.21. The number of hydrogen-bond acceptors (Lipinski definition) is 5. The van der Waals surface area contributed by atoms with Crippen LogP contribution in [0.3, 0.4) is 0 Å². The summed E-state index contributed by atoms with van der Waals surface area (Å²) in [6, 6.07) is 6.54. The second-order valence-corrected chi connectivity index (χ2v) is 7.44. The molecule has 1 aliphatic rings. The topological polar surface area (TPSA) is 105 Å². The summed E-state index contributed by atoms with van der Waals surface area (Å²) >= 11 is 7.45. The average molecular weight is 390 g/mol. The molecule has 0 saturated heterocycles. The van der Waals surface area contributed by atoms with Gasteiger partial charge in [0.25, 0.3) is 11.8 Å². The minimum absolute atomic E-state index is 0.247. The van der Waals surface area contributed by atoms with Gasteiger partial charge in [-0.25, -0.2) is 0 Å². The van der Waals surface area contributed by atoms with Crippen molar-refractivity contribution in [3.63, 3.8) is 0 Å². The highest BCUT2D eigenvalue weighted by molar-refractivity contribution is 7.17. The number of rotatable bonds is 5. The number of fused-ring (bicyclic) bond motifs is 1. The Kier molecular flexibility index (Phi) is 5.16. The summed E-state index contributed by atoms with van der Waals surface area (Å²) in [6.45, 7) is 1.58. The van der Waals surface area contributed by atoms with Gasteiger partial charge in [0.05, 0.1) is 22.2 Å². The fraction of sp³-hybridized carbons (Fsp3) is 0.278. The number of anilines is 1. The Balaban J connectivity index is 1.75. The van der Waals surface area contributed by atoms with Gasteiger partial charge in [-0.3, -0.25) is 9.59 Å². The van der Waals surface area contributed by atoms with Crippen molar-refractivity contribution in [2.24, 2.45) is 5.73 Å². The monoisotopic (exact) mass is 389 g/mol. The summed E-state index contributed by atoms with van der Waals surface area (Å²) in [5.74, 6) is -0.645. The first-order chi connectivity index (χ1) is 12.4. The van der Waals surface area contributed by atoms with E-state index in [0.717, 1.165) is 29.7 Å². The van der Waals surface area contributed by atoms with Crippen molar-refractivity contribution < 1.29 is 14.3 Å². The molecule has 1 atom stereocenters. The van der Waals surface area contributed by atoms with E-state index in [-0.39, 0.29) is 5.02 Å². The van der Waals surface area contributed by atoms with Crippen LogP contribution in [0.1, 0.15) is 39.7 Å². The molecule has 1 aliphatic carbocycles. The maximum Gasteiger partial charge on any atom is 0.265 e. The molecule has 0 spiro atoms. The lowest BCUT2D eigenvalue weighted by Gasteiger charge is -2.15. The van der Waals surface area contributed by atoms with Gasteiger partial charge in [0.2, 0.25) is 0 Å². The van der Waals surface area contributed by atoms with Crippen LogP contribution in [0, 0.1) is 11.3 Å². The predicted molar refractivity (Wildman–Crippen MR) is 99.7 cm³/mol. The lowest BCUT2D eigenvalue weighted by Crippen LogP contribution is -2.30. The Morgan fingerprint density at radius 2 is 2.19 bits per heavy atom. The molecule has 134 valence electrons. The van der Waals surface area contributed by atoms with Crippen LogP contribution in [-0.4, -0.2) is 17.9 Å². The van der Waals surface area contributed by atoms with E-state index in [0.29, 0.717) is 21.9 Å². The summed E-state index contributed by atoms with van der Waals surface area (Å²) in [5, 5.41) is 12.3. The van der Waals surface area contributed by atoms with Crippen molar-refractivity contribution in [3.05, 3.63) is 44.8 Å². The second-order valence-electron chi connectivity index (χ2n) is 5.93. The van der Waals surface area contributed by atoms with Crippen LogP contribution in [0.2, 0.25) is 5.02 Å². The molecule has 2 aromatic rings. The van der Waals surface area contributed by atoms with Crippen molar-refractivity contribution in [2.75, 3.05) is 5.32 Å². The molecule has 1 aromatic carbocycles. The molecule has 1 heterocycles. The molecule has 0 fully saturated rings. The summed E-state index contributed by atoms with van der Waals surface area (Å²) in [5.41, 5.74) is 7.25. The van der Waals surface area contributed by atoms with Crippen LogP contribution < -0.4 is 15.8 Å². The zero-order chi connectivity index (χ0) is 18.8. The van der Waals surface area contributed by atoms with Gasteiger partial charge in [0.15, 0.2) is 6.10 Å². The third-order valence-corrected chi connectivity index (χ3v) is 5.64. The molecule has 3 rings (SSSR count). The number of hydrogen-bond donors (Lipinski definition) is 2. The number of carbonyl (C=O) groups is 2. The SMILES string of the molecule is C[C@@H](Oc1ccc(C#N)cc1Cl)C(=O)Nc1sc2c(c1C(N)=O)CCC2. The molecule has 0 saturated carbocycles. The highest BCUT2D eigenvalue weighted by Gasteiger charge is 2.27. The molecule has 0 unspecified atom stereocenters. The maximum atomic E-state index is 12.5. The molecule has 3 N–H and O–H groups in total. The van der Waals surface area contributed by atoms with Gasteiger partial charge < -0.3 is 15.8 Å². The lowest BCUT2D eigenvalue weighted by molar-refractivity contribution is -0.122. The molecule has 0 aliphatic heterocycles. The number of halogens is 1. The van der Waals surface area contributed by atoms with Gasteiger partial charge in [-0.1, -0.05) is 11.6 Å². The lowest BCUT2D eigenvalue weighted by atomic mass is 10.1. The number of thiophene rings is 1. The van der Waals surface area contributed by atoms with Crippen molar-refractivity contribution >= 4 is 39.8 Å². The second kappa shape index (κ2) is 7.36. The predicted octanol–water partition coefficient (Wildman–Crippen LogP) is 3.27. The molecule has 6 nitrogen and oxygen atoms in total. The van der Waals surface area contributed by atoms with Gasteiger partial charge in [-0.15, -0.1) is 11.3 Å². The fourth-order valence-electron chi connectivity index (χ4n) is 2.88. The minimum Gasteiger partial charge on any atom is -0.479 e. The Hall–Kier alpha value is -2.56. The van der Waals surface area contributed by atoms with Crippen LogP contribution in [0.5, 0.6) is 5.75 Å². The molecule has 1 aromatic heterocycles. The number of benzene rings is 1. The van der Waals surface area contributed by atoms with Crippen molar-refractivity contribution in [1.82, 2.24) is 0 Å². The van der Waals surface area contributed by atoms with Gasteiger partial charge >= 0.3 is 0 Å². The van der Waals surface area contributed by atoms with E-state index in [2.05, 4.69) is 5.32 Å². The highest BCUT2D eigenvalue weighted by atomic mass is 35.5. The quantitative estimate of drug-likeness (QED) is 0.818. The minimum atomic E-state index is -0.849. The Morgan fingerprint density at radius 3 is 2.85 bits per heavy atom. The van der Waals surface area contributed by atoms with Crippen LogP contribution in [0.4, 0.5) is 5.00 Å². The number of ether oxygens (including phenoxy) is 1. The Morgan fingerprint density at radius 1 is 1.42 bits per heavy atom. The van der Waals surface area contributed by atoms with E-state index in [9.17, 15) is 9.59 Å². The van der Waals surface area contributed by atoms with E-state index >= 15 is 0 Å². The van der Waals surface area contributed by atoms with Crippen molar-refractivity contribution in [1.29, 1.82) is 5.26 Å². The standard InChI is InChI=1S/C18H16ClN3O3S/c1-9(25-13-6-5-10(8-20)7-12(13)19)17(24)22-18-15(16(21)23)11-3-2-4-14(11)26-18/h5-7,9H,2-4H2,1H3,(H2,21,23)(H,22,24)/t9-/m1/s1. The van der Waals surface area contributed by atoms with Gasteiger partial charge in [0, 0.05) is 4.88 Å². The zero-order valence-corrected chi connectivity index (χ0v) is 15.5. The number of nitrogens with zero attached hydrogens (tertiary/aromatic N) is 1. The summed E-state index contributed by atoms with van der Waals surface area (Å²) in [7, 11) is 0. The smallest absolute Gasteiger partial charge is 0.265 e. The number of amides is 2. The largest absolute Gasteiger partial charge is 0.479 e. The zero-order valence-electron chi connectivity index (χ0n) is 14.0. The summed E-state index contributed by atoms with van der Waals surface area (Å²) in [4.78, 5) is 25.4. The van der Waals surface area contributed by atoms with Crippen LogP contribution in [-0.2, 0) is 17.6 Å². The number of carbonyl (C=O) groups excluding carboxylic acids is 2. The molecular weight excluding hydrogens is 374 g/mol. The molecule has 8 heteroatoms. The van der Waals surface area contributed by atoms with E-state index in [1.54, 1.807) is 19.1 Å². The average Bonchev–Trinajstić information content (AvgIpc) is 3.16. The Bertz CT molecular complexity index is 932. The number of nitrogens with two attached hydrogens (primary N) is 1. The third-order valence-electron chi connectivity index (χ3n) is 4.14. The van der Waals surface area contributed by atoms with Crippen LogP contribution in [0.25, 0.3) is 0 Å². The van der Waals surface area contributed by atoms with Gasteiger partial charge in [-0.2, -0.15) is 5.26 Å². The van der Waals surface area contributed by atoms with Crippen LogP contribution in [0.15, 0.2) is 18.2 Å². The number of aryl methyl sites for hydroxylation is 1. The van der Waals surface area contributed by atoms with Gasteiger partial charge in [-0.05, 0) is 49.9 Å². The van der Waals surface area contributed by atoms with Gasteiger partial charge in [0.1, 0.15) is 10.8 Å². The maximum absolute atomic E-state index is 12.5. The van der Waals surface area contributed by atoms with E-state index in [1.165, 1.54) is 17.4 Å². The van der Waals surface area contributed by atoms with Crippen molar-refractivity contribution in [3.8, 4) is 11.8 Å². The summed E-state index contributed by atoms with van der Waals surface area (Å²) < 4.78 is 5.59. The Labute approximate surface area is 159 Å². The van der Waals surface area contributed by atoms with E-state index in [1.807, 2.05) is 6.07 Å². The van der Waals surface area contributed by atoms with E-state index in [4.69, 9.17) is 27.3 Å². The molecule has 0 bridgehead atoms. The normalized spacial score (nSPS) is 13.6. The van der Waals surface area contributed by atoms with E-state index < -0.39 is 17.9 Å². The summed E-state index contributed by atoms with van der Waals surface area (Å²) in [6.07, 6.45) is 1.83. The fourth-order valence-corrected chi connectivity index (χ4v) is 4.40. The third kappa shape index (κ3) is 3.52. The highest BCUT2D eigenvalue weighted by Crippen LogP contribution is 2.39. The molecule has 26 heavy (non-hydrogen) atoms. The molecular formula is C18H16ClN3O3S.